The molecule has 0 heterocycles. The fourth-order valence-corrected chi connectivity index (χ4v) is 1.26. The first-order chi connectivity index (χ1) is 8.24. The van der Waals surface area contributed by atoms with Gasteiger partial charge in [0.2, 0.25) is 5.24 Å². The fourth-order valence-electron chi connectivity index (χ4n) is 1.26. The summed E-state index contributed by atoms with van der Waals surface area (Å²) in [4.78, 5) is 9.58. The van der Waals surface area contributed by atoms with E-state index in [4.69, 9.17) is 11.6 Å². The van der Waals surface area contributed by atoms with Crippen LogP contribution in [0.1, 0.15) is 13.3 Å². The van der Waals surface area contributed by atoms with Crippen molar-refractivity contribution in [1.29, 1.82) is 0 Å². The topological polar surface area (TPSA) is 17.1 Å². The molecule has 0 fully saturated rings. The smallest absolute Gasteiger partial charge is 0.221 e. The SMILES string of the molecule is CCC(=O)Cl.c1ccc(-c2ccccc2)cc1. The maximum Gasteiger partial charge on any atom is 0.221 e. The molecule has 88 valence electrons. The average Bonchev–Trinajstić information content (AvgIpc) is 2.41. The van der Waals surface area contributed by atoms with Crippen molar-refractivity contribution in [2.75, 3.05) is 0 Å². The number of rotatable bonds is 2. The zero-order chi connectivity index (χ0) is 12.5. The van der Waals surface area contributed by atoms with E-state index in [2.05, 4.69) is 48.5 Å². The number of carbonyl (C=O) groups is 1. The van der Waals surface area contributed by atoms with Crippen LogP contribution in [-0.4, -0.2) is 5.24 Å². The van der Waals surface area contributed by atoms with Gasteiger partial charge >= 0.3 is 0 Å². The Labute approximate surface area is 107 Å². The number of hydrogen-bond donors (Lipinski definition) is 0. The molecule has 0 saturated carbocycles. The van der Waals surface area contributed by atoms with Gasteiger partial charge in [0, 0.05) is 6.42 Å². The van der Waals surface area contributed by atoms with Crippen LogP contribution in [-0.2, 0) is 4.79 Å². The van der Waals surface area contributed by atoms with E-state index in [-0.39, 0.29) is 5.24 Å². The van der Waals surface area contributed by atoms with Crippen LogP contribution in [0.4, 0.5) is 0 Å². The Bertz CT molecular complexity index is 399. The molecule has 0 aliphatic rings. The second-order valence-corrected chi connectivity index (χ2v) is 3.86. The van der Waals surface area contributed by atoms with Crippen molar-refractivity contribution in [3.63, 3.8) is 0 Å². The van der Waals surface area contributed by atoms with E-state index >= 15 is 0 Å². The Morgan fingerprint density at radius 1 is 0.882 bits per heavy atom. The van der Waals surface area contributed by atoms with Crippen LogP contribution < -0.4 is 0 Å². The third kappa shape index (κ3) is 5.32. The number of benzene rings is 2. The molecule has 0 radical (unpaired) electrons. The predicted octanol–water partition coefficient (Wildman–Crippen LogP) is 4.52. The van der Waals surface area contributed by atoms with E-state index in [1.165, 1.54) is 11.1 Å². The standard InChI is InChI=1S/C12H10.C3H5ClO/c1-3-7-11(8-4-1)12-9-5-2-6-10-12;1-2-3(4)5/h1-10H;2H2,1H3. The van der Waals surface area contributed by atoms with Crippen LogP contribution in [0.2, 0.25) is 0 Å². The summed E-state index contributed by atoms with van der Waals surface area (Å²) in [6.07, 6.45) is 0.432. The number of carbonyl (C=O) groups excluding carboxylic acids is 1. The van der Waals surface area contributed by atoms with Crippen LogP contribution in [0.3, 0.4) is 0 Å². The van der Waals surface area contributed by atoms with E-state index in [9.17, 15) is 4.79 Å². The highest BCUT2D eigenvalue weighted by molar-refractivity contribution is 6.63. The first kappa shape index (κ1) is 13.5. The second-order valence-electron chi connectivity index (χ2n) is 3.44. The van der Waals surface area contributed by atoms with E-state index in [1.54, 1.807) is 6.92 Å². The molecule has 0 amide bonds. The molecule has 17 heavy (non-hydrogen) atoms. The molecule has 0 aromatic heterocycles. The van der Waals surface area contributed by atoms with Crippen molar-refractivity contribution in [2.45, 2.75) is 13.3 Å². The first-order valence-electron chi connectivity index (χ1n) is 5.53. The molecule has 0 aliphatic carbocycles. The summed E-state index contributed by atoms with van der Waals surface area (Å²) in [6.45, 7) is 1.72. The van der Waals surface area contributed by atoms with Crippen LogP contribution in [0.25, 0.3) is 11.1 Å². The molecule has 2 rings (SSSR count). The summed E-state index contributed by atoms with van der Waals surface area (Å²) in [7, 11) is 0. The molecule has 1 nitrogen and oxygen atoms in total. The molecule has 0 unspecified atom stereocenters. The van der Waals surface area contributed by atoms with Gasteiger partial charge in [-0.3, -0.25) is 4.79 Å². The van der Waals surface area contributed by atoms with Crippen molar-refractivity contribution >= 4 is 16.8 Å². The Kier molecular flexibility index (Phi) is 6.05. The van der Waals surface area contributed by atoms with Crippen molar-refractivity contribution in [3.8, 4) is 11.1 Å². The van der Waals surface area contributed by atoms with Gasteiger partial charge < -0.3 is 0 Å². The van der Waals surface area contributed by atoms with Crippen molar-refractivity contribution in [3.05, 3.63) is 60.7 Å². The van der Waals surface area contributed by atoms with E-state index < -0.39 is 0 Å². The summed E-state index contributed by atoms with van der Waals surface area (Å²) in [5.41, 5.74) is 2.55. The van der Waals surface area contributed by atoms with Crippen molar-refractivity contribution in [2.24, 2.45) is 0 Å². The Morgan fingerprint density at radius 3 is 1.41 bits per heavy atom. The van der Waals surface area contributed by atoms with Gasteiger partial charge in [-0.15, -0.1) is 0 Å². The Hall–Kier alpha value is -1.60. The summed E-state index contributed by atoms with van der Waals surface area (Å²) < 4.78 is 0. The predicted molar refractivity (Wildman–Crippen MR) is 73.0 cm³/mol. The van der Waals surface area contributed by atoms with Gasteiger partial charge in [-0.05, 0) is 22.7 Å². The van der Waals surface area contributed by atoms with Gasteiger partial charge in [-0.1, -0.05) is 67.6 Å². The van der Waals surface area contributed by atoms with Crippen LogP contribution >= 0.6 is 11.6 Å². The molecule has 2 heteroatoms. The van der Waals surface area contributed by atoms with Crippen molar-refractivity contribution < 1.29 is 4.79 Å². The van der Waals surface area contributed by atoms with Crippen LogP contribution in [0.15, 0.2) is 60.7 Å². The van der Waals surface area contributed by atoms with Crippen molar-refractivity contribution in [1.82, 2.24) is 0 Å². The van der Waals surface area contributed by atoms with Gasteiger partial charge in [-0.2, -0.15) is 0 Å². The molecule has 0 atom stereocenters. The van der Waals surface area contributed by atoms with E-state index in [1.807, 2.05) is 12.1 Å². The average molecular weight is 247 g/mol. The van der Waals surface area contributed by atoms with Gasteiger partial charge in [0.15, 0.2) is 0 Å². The summed E-state index contributed by atoms with van der Waals surface area (Å²) in [5.74, 6) is 0. The molecule has 0 spiro atoms. The molecule has 0 saturated heterocycles. The van der Waals surface area contributed by atoms with Gasteiger partial charge in [0.25, 0.3) is 0 Å². The normalized spacial score (nSPS) is 9.06. The lowest BCUT2D eigenvalue weighted by molar-refractivity contribution is -0.111. The Morgan fingerprint density at radius 2 is 1.18 bits per heavy atom. The lowest BCUT2D eigenvalue weighted by Crippen LogP contribution is -1.74. The third-order valence-corrected chi connectivity index (χ3v) is 2.43. The summed E-state index contributed by atoms with van der Waals surface area (Å²) >= 11 is 4.82. The van der Waals surface area contributed by atoms with E-state index in [0.717, 1.165) is 0 Å². The van der Waals surface area contributed by atoms with Gasteiger partial charge in [-0.25, -0.2) is 0 Å². The molecule has 0 bridgehead atoms. The maximum absolute atomic E-state index is 9.58. The summed E-state index contributed by atoms with van der Waals surface area (Å²) in [5, 5.41) is -0.273. The van der Waals surface area contributed by atoms with Crippen LogP contribution in [0.5, 0.6) is 0 Å². The molecular formula is C15H15ClO. The molecule has 0 aliphatic heterocycles. The van der Waals surface area contributed by atoms with E-state index in [0.29, 0.717) is 6.42 Å². The minimum atomic E-state index is -0.273. The molecular weight excluding hydrogens is 232 g/mol. The minimum absolute atomic E-state index is 0.273. The monoisotopic (exact) mass is 246 g/mol. The highest BCUT2D eigenvalue weighted by atomic mass is 35.5. The lowest BCUT2D eigenvalue weighted by Gasteiger charge is -1.98. The number of hydrogen-bond acceptors (Lipinski definition) is 1. The molecule has 2 aromatic rings. The zero-order valence-electron chi connectivity index (χ0n) is 9.77. The maximum atomic E-state index is 9.58. The van der Waals surface area contributed by atoms with Gasteiger partial charge in [0.05, 0.1) is 0 Å². The Balaban J connectivity index is 0.000000249. The highest BCUT2D eigenvalue weighted by Gasteiger charge is 1.91. The zero-order valence-corrected chi connectivity index (χ0v) is 10.5. The largest absolute Gasteiger partial charge is 0.281 e. The minimum Gasteiger partial charge on any atom is -0.281 e. The lowest BCUT2D eigenvalue weighted by atomic mass is 10.1. The fraction of sp³-hybridized carbons (Fsp3) is 0.133. The second kappa shape index (κ2) is 7.64. The number of halogens is 1. The quantitative estimate of drug-likeness (QED) is 0.713. The third-order valence-electron chi connectivity index (χ3n) is 2.16. The highest BCUT2D eigenvalue weighted by Crippen LogP contribution is 2.17. The summed E-state index contributed by atoms with van der Waals surface area (Å²) in [6, 6.07) is 20.8. The molecule has 2 aromatic carbocycles. The first-order valence-corrected chi connectivity index (χ1v) is 5.90. The van der Waals surface area contributed by atoms with Gasteiger partial charge in [0.1, 0.15) is 0 Å². The van der Waals surface area contributed by atoms with Crippen LogP contribution in [0, 0.1) is 0 Å². The molecule has 0 N–H and O–H groups in total.